The number of azide groups is 2. The van der Waals surface area contributed by atoms with Gasteiger partial charge in [-0.15, -0.1) is 0 Å². The molecule has 67 heavy (non-hydrogen) atoms. The van der Waals surface area contributed by atoms with E-state index in [0.29, 0.717) is 10.1 Å². The molecule has 0 spiro atoms. The fraction of sp³-hybridized carbons (Fsp3) is 0.368. The maximum Gasteiger partial charge on any atom is 0.472 e. The van der Waals surface area contributed by atoms with Crippen LogP contribution < -0.4 is 21.7 Å². The van der Waals surface area contributed by atoms with Gasteiger partial charge < -0.3 is 39.8 Å². The summed E-state index contributed by atoms with van der Waals surface area (Å²) in [5.41, 5.74) is 21.6. The Morgan fingerprint density at radius 2 is 1.61 bits per heavy atom. The van der Waals surface area contributed by atoms with E-state index in [1.54, 1.807) is 24.3 Å². The van der Waals surface area contributed by atoms with Crippen LogP contribution in [0.1, 0.15) is 63.2 Å². The number of nitrogens with two attached hydrogens (primary N) is 1. The molecule has 0 amide bonds. The van der Waals surface area contributed by atoms with Gasteiger partial charge in [-0.3, -0.25) is 32.6 Å². The summed E-state index contributed by atoms with van der Waals surface area (Å²) < 4.78 is 48.9. The molecule has 0 bridgehead atoms. The van der Waals surface area contributed by atoms with Crippen molar-refractivity contribution < 1.29 is 62.1 Å². The van der Waals surface area contributed by atoms with Crippen LogP contribution in [-0.2, 0) is 45.7 Å². The standard InChI is InChI=1S/C38H38N13O15P/c1-18-14-49(38(58)51(33(18)55)34(56)22-9-5-3-7-20(22)12-43-47-40)27-11-24(53)25(63-27)16-62-67(59,60)66-30-26(15-61-19(2)52)64-35(29(30)54)50-17-42-28-31(50)45-37(39)46-32(28)65-36(57)23-10-6-4-8-21(23)13-44-48-41/h3-10,14,17,24-27,29-30,35,53-54H,11-13,15-16H2,1-2H3,(H,59,60)(H2,39,45,46)/t24-,25+,26+,27+,29+,30+,35+/m0/s1. The van der Waals surface area contributed by atoms with Crippen LogP contribution in [-0.4, -0.2) is 105 Å². The molecule has 2 aromatic carbocycles. The normalized spacial score (nSPS) is 22.1. The van der Waals surface area contributed by atoms with Gasteiger partial charge >= 0.3 is 25.5 Å². The third kappa shape index (κ3) is 10.2. The first kappa shape index (κ1) is 47.6. The van der Waals surface area contributed by atoms with E-state index in [4.69, 9.17) is 44.8 Å². The van der Waals surface area contributed by atoms with Gasteiger partial charge in [-0.25, -0.2) is 19.1 Å². The second-order valence-corrected chi connectivity index (χ2v) is 16.2. The molecule has 2 aliphatic rings. The molecule has 1 unspecified atom stereocenters. The van der Waals surface area contributed by atoms with Gasteiger partial charge in [-0.05, 0) is 41.2 Å². The van der Waals surface area contributed by atoms with E-state index >= 15 is 0 Å². The zero-order chi connectivity index (χ0) is 48.2. The highest BCUT2D eigenvalue weighted by Crippen LogP contribution is 2.49. The fourth-order valence-electron chi connectivity index (χ4n) is 7.25. The number of imidazole rings is 1. The van der Waals surface area contributed by atoms with E-state index in [0.717, 1.165) is 28.6 Å². The minimum atomic E-state index is -5.26. The van der Waals surface area contributed by atoms with Crippen molar-refractivity contribution in [3.05, 3.63) is 131 Å². The van der Waals surface area contributed by atoms with Gasteiger partial charge in [0, 0.05) is 40.5 Å². The Morgan fingerprint density at radius 3 is 2.28 bits per heavy atom. The largest absolute Gasteiger partial charge is 0.472 e. The lowest BCUT2D eigenvalue weighted by Crippen LogP contribution is -2.45. The van der Waals surface area contributed by atoms with Crippen molar-refractivity contribution in [3.63, 3.8) is 0 Å². The summed E-state index contributed by atoms with van der Waals surface area (Å²) in [7, 11) is -5.26. The number of hydrogen-bond acceptors (Lipinski definition) is 20. The Kier molecular flexibility index (Phi) is 14.2. The van der Waals surface area contributed by atoms with Gasteiger partial charge in [0.2, 0.25) is 5.95 Å². The van der Waals surface area contributed by atoms with E-state index < -0.39 is 105 Å². The van der Waals surface area contributed by atoms with Gasteiger partial charge in [0.15, 0.2) is 17.4 Å². The lowest BCUT2D eigenvalue weighted by atomic mass is 10.1. The molecule has 0 saturated carbocycles. The molecule has 5 heterocycles. The summed E-state index contributed by atoms with van der Waals surface area (Å²) in [5.74, 6) is -3.54. The maximum atomic E-state index is 13.7. The lowest BCUT2D eigenvalue weighted by Gasteiger charge is -2.24. The Morgan fingerprint density at radius 1 is 0.955 bits per heavy atom. The topological polar surface area (TPSA) is 395 Å². The second kappa shape index (κ2) is 20.0. The van der Waals surface area contributed by atoms with Gasteiger partial charge in [0.05, 0.1) is 37.7 Å². The SMILES string of the molecule is CC(=O)OC[C@H]1O[C@@H](n2cnc3c(OC(=O)c4ccccc4CN=[N+]=[N-])nc(N)nc32)[C@H](O)[C@@H]1OP(=O)(O)OC[C@H]1O[C@@H](n2cc(C)c(=O)n(C(=O)c3ccccc3CN=[N+]=[N-])c2=O)C[C@@H]1O. The Bertz CT molecular complexity index is 3020. The molecule has 3 aromatic heterocycles. The molecule has 2 saturated heterocycles. The van der Waals surface area contributed by atoms with Crippen molar-refractivity contribution >= 4 is 42.8 Å². The number of benzene rings is 2. The van der Waals surface area contributed by atoms with Crippen molar-refractivity contribution in [1.29, 1.82) is 0 Å². The van der Waals surface area contributed by atoms with Crippen molar-refractivity contribution in [3.8, 4) is 5.88 Å². The first-order valence-electron chi connectivity index (χ1n) is 19.8. The molecule has 5 N–H and O–H groups in total. The number of aliphatic hydroxyl groups excluding tert-OH is 2. The molecule has 2 fully saturated rings. The minimum absolute atomic E-state index is 0.0396. The summed E-state index contributed by atoms with van der Waals surface area (Å²) in [6.45, 7) is 0.550. The first-order chi connectivity index (χ1) is 32.0. The predicted octanol–water partition coefficient (Wildman–Crippen LogP) is 2.24. The van der Waals surface area contributed by atoms with Gasteiger partial charge in [0.25, 0.3) is 17.3 Å². The number of ether oxygens (including phenoxy) is 4. The number of nitrogens with zero attached hydrogens (tertiary/aromatic N) is 12. The van der Waals surface area contributed by atoms with E-state index in [1.165, 1.54) is 31.2 Å². The number of phosphoric acid groups is 1. The van der Waals surface area contributed by atoms with Crippen LogP contribution >= 0.6 is 7.82 Å². The van der Waals surface area contributed by atoms with Crippen LogP contribution in [0, 0.1) is 6.92 Å². The molecule has 29 heteroatoms. The molecule has 5 aromatic rings. The van der Waals surface area contributed by atoms with Crippen LogP contribution in [0.2, 0.25) is 0 Å². The second-order valence-electron chi connectivity index (χ2n) is 14.8. The highest BCUT2D eigenvalue weighted by atomic mass is 31.2. The van der Waals surface area contributed by atoms with E-state index in [2.05, 4.69) is 35.0 Å². The smallest absolute Gasteiger partial charge is 0.463 e. The molecule has 8 atom stereocenters. The van der Waals surface area contributed by atoms with Crippen molar-refractivity contribution in [2.45, 2.75) is 76.3 Å². The highest BCUT2D eigenvalue weighted by molar-refractivity contribution is 7.47. The zero-order valence-electron chi connectivity index (χ0n) is 35.0. The van der Waals surface area contributed by atoms with E-state index in [1.807, 2.05) is 0 Å². The first-order valence-corrected chi connectivity index (χ1v) is 21.3. The van der Waals surface area contributed by atoms with Crippen molar-refractivity contribution in [2.24, 2.45) is 10.2 Å². The van der Waals surface area contributed by atoms with Crippen LogP contribution in [0.3, 0.4) is 0 Å². The fourth-order valence-corrected chi connectivity index (χ4v) is 8.22. The summed E-state index contributed by atoms with van der Waals surface area (Å²) in [6, 6.07) is 12.0. The summed E-state index contributed by atoms with van der Waals surface area (Å²) in [6.07, 6.45) is -8.90. The van der Waals surface area contributed by atoms with Crippen molar-refractivity contribution in [1.82, 2.24) is 28.7 Å². The number of phosphoric ester groups is 1. The zero-order valence-corrected chi connectivity index (χ0v) is 35.9. The quantitative estimate of drug-likeness (QED) is 0.0362. The molecular weight excluding hydrogens is 909 g/mol. The average molecular weight is 948 g/mol. The van der Waals surface area contributed by atoms with Gasteiger partial charge in [-0.1, -0.05) is 46.6 Å². The van der Waals surface area contributed by atoms with E-state index in [9.17, 15) is 43.6 Å². The molecule has 0 radical (unpaired) electrons. The monoisotopic (exact) mass is 947 g/mol. The number of rotatable bonds is 16. The molecule has 2 aliphatic heterocycles. The third-order valence-corrected chi connectivity index (χ3v) is 11.4. The van der Waals surface area contributed by atoms with Crippen LogP contribution in [0.15, 0.2) is 80.9 Å². The third-order valence-electron chi connectivity index (χ3n) is 10.4. The molecule has 350 valence electrons. The van der Waals surface area contributed by atoms with Gasteiger partial charge in [0.1, 0.15) is 37.3 Å². The number of hydrogen-bond donors (Lipinski definition) is 4. The summed E-state index contributed by atoms with van der Waals surface area (Å²) in [4.78, 5) is 94.2. The Labute approximate surface area is 374 Å². The number of fused-ring (bicyclic) bond motifs is 1. The number of aliphatic hydroxyl groups is 2. The number of aryl methyl sites for hydroxylation is 1. The van der Waals surface area contributed by atoms with E-state index in [-0.39, 0.29) is 52.9 Å². The van der Waals surface area contributed by atoms with Crippen LogP contribution in [0.25, 0.3) is 32.0 Å². The molecule has 0 aliphatic carbocycles. The molecule has 28 nitrogen and oxygen atoms in total. The Hall–Kier alpha value is -7.35. The van der Waals surface area contributed by atoms with Crippen LogP contribution in [0.4, 0.5) is 5.95 Å². The van der Waals surface area contributed by atoms with Crippen molar-refractivity contribution in [2.75, 3.05) is 18.9 Å². The number of anilines is 1. The predicted molar refractivity (Wildman–Crippen MR) is 224 cm³/mol. The lowest BCUT2D eigenvalue weighted by molar-refractivity contribution is -0.147. The molecule has 7 rings (SSSR count). The minimum Gasteiger partial charge on any atom is -0.463 e. The maximum absolute atomic E-state index is 13.7. The number of aromatic nitrogens is 6. The summed E-state index contributed by atoms with van der Waals surface area (Å²) >= 11 is 0. The van der Waals surface area contributed by atoms with Gasteiger partial charge in [-0.2, -0.15) is 14.5 Å². The number of esters is 2. The number of nitrogen functional groups attached to an aromatic ring is 1. The number of carbonyl (C=O) groups is 3. The average Bonchev–Trinajstić information content (AvgIpc) is 3.98. The van der Waals surface area contributed by atoms with Crippen LogP contribution in [0.5, 0.6) is 5.88 Å². The number of carbonyl (C=O) groups excluding carboxylic acids is 3. The Balaban J connectivity index is 1.07. The highest BCUT2D eigenvalue weighted by Gasteiger charge is 2.50. The molecular formula is C38H38N13O15P. The summed E-state index contributed by atoms with van der Waals surface area (Å²) in [5, 5.41) is 29.4.